The molecule has 2 aliphatic carbocycles. The van der Waals surface area contributed by atoms with Crippen molar-refractivity contribution in [1.29, 1.82) is 0 Å². The van der Waals surface area contributed by atoms with E-state index in [0.717, 1.165) is 24.6 Å². The Balaban J connectivity index is 1.78. The van der Waals surface area contributed by atoms with Gasteiger partial charge in [0.2, 0.25) is 0 Å². The third-order valence-corrected chi connectivity index (χ3v) is 6.06. The van der Waals surface area contributed by atoms with Crippen LogP contribution in [0.25, 0.3) is 0 Å². The molecular weight excluding hydrogens is 246 g/mol. The minimum absolute atomic E-state index is 0.115. The quantitative estimate of drug-likeness (QED) is 0.821. The van der Waals surface area contributed by atoms with Crippen molar-refractivity contribution < 1.29 is 4.79 Å². The lowest BCUT2D eigenvalue weighted by Crippen LogP contribution is -2.61. The zero-order valence-electron chi connectivity index (χ0n) is 12.4. The average molecular weight is 269 g/mol. The van der Waals surface area contributed by atoms with Crippen LogP contribution in [0.3, 0.4) is 0 Å². The van der Waals surface area contributed by atoms with E-state index in [1.165, 1.54) is 24.8 Å². The maximum Gasteiger partial charge on any atom is 0.180 e. The number of hydrogen-bond donors (Lipinski definition) is 0. The van der Waals surface area contributed by atoms with Crippen molar-refractivity contribution in [3.05, 3.63) is 35.4 Å². The molecule has 1 aliphatic heterocycles. The summed E-state index contributed by atoms with van der Waals surface area (Å²) in [5, 5.41) is 0. The summed E-state index contributed by atoms with van der Waals surface area (Å²) in [7, 11) is 0. The number of likely N-dealkylation sites (tertiary alicyclic amines) is 1. The minimum Gasteiger partial charge on any atom is -0.293 e. The minimum atomic E-state index is 0.115. The van der Waals surface area contributed by atoms with Crippen molar-refractivity contribution in [2.75, 3.05) is 13.1 Å². The Kier molecular flexibility index (Phi) is 2.62. The van der Waals surface area contributed by atoms with Crippen molar-refractivity contribution in [2.24, 2.45) is 11.8 Å². The van der Waals surface area contributed by atoms with Gasteiger partial charge < -0.3 is 0 Å². The summed E-state index contributed by atoms with van der Waals surface area (Å²) in [6, 6.07) is 8.42. The standard InChI is InChI=1S/C18H23NO/c1-12-16-17(20)14-5-3-4-6-15(14)18(12,2)9-10-19(16)11-13-7-8-13/h3-6,12-13,16H,7-11H2,1-2H3/t12-,16-,18?/m0/s1. The van der Waals surface area contributed by atoms with Crippen LogP contribution < -0.4 is 0 Å². The Bertz CT molecular complexity index is 562. The van der Waals surface area contributed by atoms with Gasteiger partial charge in [-0.3, -0.25) is 9.69 Å². The lowest BCUT2D eigenvalue weighted by atomic mass is 9.58. The number of rotatable bonds is 2. The van der Waals surface area contributed by atoms with Crippen LogP contribution in [0.5, 0.6) is 0 Å². The number of carbonyl (C=O) groups is 1. The first kappa shape index (κ1) is 12.6. The van der Waals surface area contributed by atoms with E-state index in [1.807, 2.05) is 12.1 Å². The number of piperidine rings is 1. The van der Waals surface area contributed by atoms with Crippen LogP contribution in [0, 0.1) is 11.8 Å². The van der Waals surface area contributed by atoms with E-state index in [0.29, 0.717) is 11.7 Å². The fraction of sp³-hybridized carbons (Fsp3) is 0.611. The Morgan fingerprint density at radius 2 is 2.05 bits per heavy atom. The molecule has 0 radical (unpaired) electrons. The number of Topliss-reactive ketones (excluding diaryl/α,β-unsaturated/α-hetero) is 1. The summed E-state index contributed by atoms with van der Waals surface area (Å²) in [5.74, 6) is 1.65. The van der Waals surface area contributed by atoms with Crippen molar-refractivity contribution in [1.82, 2.24) is 4.90 Å². The smallest absolute Gasteiger partial charge is 0.180 e. The number of nitrogens with zero attached hydrogens (tertiary/aromatic N) is 1. The van der Waals surface area contributed by atoms with E-state index in [4.69, 9.17) is 0 Å². The second kappa shape index (κ2) is 4.17. The Morgan fingerprint density at radius 3 is 2.80 bits per heavy atom. The van der Waals surface area contributed by atoms with Crippen LogP contribution in [0.15, 0.2) is 24.3 Å². The van der Waals surface area contributed by atoms with E-state index in [2.05, 4.69) is 30.9 Å². The van der Waals surface area contributed by atoms with Crippen LogP contribution in [-0.2, 0) is 5.41 Å². The predicted molar refractivity (Wildman–Crippen MR) is 80.0 cm³/mol. The fourth-order valence-electron chi connectivity index (χ4n) is 4.37. The zero-order valence-corrected chi connectivity index (χ0v) is 12.4. The largest absolute Gasteiger partial charge is 0.293 e. The SMILES string of the molecule is C[C@H]1[C@H]2C(=O)c3ccccc3C1(C)CCN2CC1CC1. The molecule has 1 unspecified atom stereocenters. The maximum atomic E-state index is 13.0. The third kappa shape index (κ3) is 1.64. The third-order valence-electron chi connectivity index (χ3n) is 6.06. The van der Waals surface area contributed by atoms with Gasteiger partial charge in [-0.25, -0.2) is 0 Å². The van der Waals surface area contributed by atoms with Gasteiger partial charge in [0.15, 0.2) is 5.78 Å². The molecule has 0 spiro atoms. The Hall–Kier alpha value is -1.15. The highest BCUT2D eigenvalue weighted by molar-refractivity contribution is 6.03. The van der Waals surface area contributed by atoms with Crippen molar-refractivity contribution >= 4 is 5.78 Å². The number of benzene rings is 1. The molecule has 106 valence electrons. The van der Waals surface area contributed by atoms with Gasteiger partial charge in [0.1, 0.15) is 0 Å². The van der Waals surface area contributed by atoms with Crippen LogP contribution in [0.4, 0.5) is 0 Å². The number of ketones is 1. The topological polar surface area (TPSA) is 20.3 Å². The lowest BCUT2D eigenvalue weighted by Gasteiger charge is -2.53. The number of carbonyl (C=O) groups excluding carboxylic acids is 1. The van der Waals surface area contributed by atoms with E-state index in [9.17, 15) is 4.79 Å². The van der Waals surface area contributed by atoms with Gasteiger partial charge >= 0.3 is 0 Å². The monoisotopic (exact) mass is 269 g/mol. The molecule has 3 aliphatic rings. The normalized spacial score (nSPS) is 36.8. The molecule has 4 rings (SSSR count). The summed E-state index contributed by atoms with van der Waals surface area (Å²) in [6.07, 6.45) is 3.90. The highest BCUT2D eigenvalue weighted by atomic mass is 16.1. The second-order valence-corrected chi connectivity index (χ2v) is 7.25. The summed E-state index contributed by atoms with van der Waals surface area (Å²) >= 11 is 0. The van der Waals surface area contributed by atoms with Crippen LogP contribution in [0.1, 0.15) is 49.0 Å². The maximum absolute atomic E-state index is 13.0. The molecule has 1 aromatic rings. The predicted octanol–water partition coefficient (Wildman–Crippen LogP) is 3.26. The van der Waals surface area contributed by atoms with E-state index in [-0.39, 0.29) is 11.5 Å². The Labute approximate surface area is 121 Å². The van der Waals surface area contributed by atoms with Gasteiger partial charge in [0.25, 0.3) is 0 Å². The van der Waals surface area contributed by atoms with Crippen LogP contribution in [0.2, 0.25) is 0 Å². The van der Waals surface area contributed by atoms with Gasteiger partial charge in [-0.2, -0.15) is 0 Å². The fourth-order valence-corrected chi connectivity index (χ4v) is 4.37. The van der Waals surface area contributed by atoms with E-state index < -0.39 is 0 Å². The lowest BCUT2D eigenvalue weighted by molar-refractivity contribution is 0.0266. The molecule has 3 atom stereocenters. The molecule has 2 heteroatoms. The molecule has 1 aromatic carbocycles. The van der Waals surface area contributed by atoms with Crippen molar-refractivity contribution in [3.8, 4) is 0 Å². The van der Waals surface area contributed by atoms with Crippen LogP contribution >= 0.6 is 0 Å². The molecule has 20 heavy (non-hydrogen) atoms. The highest BCUT2D eigenvalue weighted by Gasteiger charge is 2.52. The summed E-state index contributed by atoms with van der Waals surface area (Å²) in [6.45, 7) is 6.88. The average Bonchev–Trinajstić information content (AvgIpc) is 3.26. The first-order chi connectivity index (χ1) is 9.61. The molecule has 2 nitrogen and oxygen atoms in total. The molecule has 1 saturated heterocycles. The van der Waals surface area contributed by atoms with E-state index in [1.54, 1.807) is 0 Å². The molecule has 0 N–H and O–H groups in total. The molecule has 1 heterocycles. The number of hydrogen-bond acceptors (Lipinski definition) is 2. The molecule has 1 saturated carbocycles. The summed E-state index contributed by atoms with van der Waals surface area (Å²) in [5.41, 5.74) is 2.45. The van der Waals surface area contributed by atoms with Crippen LogP contribution in [-0.4, -0.2) is 29.8 Å². The van der Waals surface area contributed by atoms with Gasteiger partial charge in [0.05, 0.1) is 6.04 Å². The summed E-state index contributed by atoms with van der Waals surface area (Å²) in [4.78, 5) is 15.4. The molecular formula is C18H23NO. The molecule has 0 amide bonds. The van der Waals surface area contributed by atoms with Crippen molar-refractivity contribution in [3.63, 3.8) is 0 Å². The molecule has 0 aromatic heterocycles. The van der Waals surface area contributed by atoms with Gasteiger partial charge in [-0.15, -0.1) is 0 Å². The van der Waals surface area contributed by atoms with Gasteiger partial charge in [-0.1, -0.05) is 38.1 Å². The van der Waals surface area contributed by atoms with Gasteiger partial charge in [0, 0.05) is 12.1 Å². The van der Waals surface area contributed by atoms with Crippen molar-refractivity contribution in [2.45, 2.75) is 44.6 Å². The van der Waals surface area contributed by atoms with Gasteiger partial charge in [-0.05, 0) is 48.6 Å². The molecule has 2 fully saturated rings. The van der Waals surface area contributed by atoms with E-state index >= 15 is 0 Å². The molecule has 2 bridgehead atoms. The zero-order chi connectivity index (χ0) is 13.9. The number of fused-ring (bicyclic) bond motifs is 4. The summed E-state index contributed by atoms with van der Waals surface area (Å²) < 4.78 is 0. The Morgan fingerprint density at radius 1 is 1.30 bits per heavy atom. The first-order valence-corrected chi connectivity index (χ1v) is 7.99. The highest BCUT2D eigenvalue weighted by Crippen LogP contribution is 2.49. The first-order valence-electron chi connectivity index (χ1n) is 7.99. The second-order valence-electron chi connectivity index (χ2n) is 7.25.